The van der Waals surface area contributed by atoms with Crippen LogP contribution < -0.4 is 4.74 Å². The minimum absolute atomic E-state index is 0.0476. The first-order valence-corrected chi connectivity index (χ1v) is 12.7. The molecule has 0 amide bonds. The largest absolute Gasteiger partial charge is 0.489 e. The van der Waals surface area contributed by atoms with E-state index in [4.69, 9.17) is 27.9 Å². The van der Waals surface area contributed by atoms with Gasteiger partial charge in [-0.05, 0) is 78.6 Å². The van der Waals surface area contributed by atoms with E-state index in [9.17, 15) is 14.7 Å². The molecule has 1 fully saturated rings. The summed E-state index contributed by atoms with van der Waals surface area (Å²) < 4.78 is 6.19. The van der Waals surface area contributed by atoms with Gasteiger partial charge in [0, 0.05) is 17.0 Å². The zero-order valence-corrected chi connectivity index (χ0v) is 21.0. The summed E-state index contributed by atoms with van der Waals surface area (Å²) in [5.74, 6) is 0.342. The van der Waals surface area contributed by atoms with Gasteiger partial charge in [-0.3, -0.25) is 4.79 Å². The summed E-state index contributed by atoms with van der Waals surface area (Å²) in [5.41, 5.74) is 5.11. The van der Waals surface area contributed by atoms with E-state index in [1.54, 1.807) is 18.2 Å². The molecular weight excluding hydrogens is 483 g/mol. The summed E-state index contributed by atoms with van der Waals surface area (Å²) in [7, 11) is 0. The maximum atomic E-state index is 13.1. The Morgan fingerprint density at radius 1 is 1.06 bits per heavy atom. The van der Waals surface area contributed by atoms with Crippen LogP contribution in [-0.4, -0.2) is 16.9 Å². The fraction of sp³-hybridized carbons (Fsp3) is 0.310. The Kier molecular flexibility index (Phi) is 6.61. The van der Waals surface area contributed by atoms with Crippen molar-refractivity contribution in [3.8, 4) is 16.9 Å². The SMILES string of the molecule is Cc1c(OCc2cccc(-c3ccc(Cl)c(C(=O)O)c3)c2)cc2c(c1Cl)C(=O)C(C1CCCC1)C2. The molecule has 1 unspecified atom stereocenters. The number of carbonyl (C=O) groups excluding carboxylic acids is 1. The van der Waals surface area contributed by atoms with Gasteiger partial charge in [0.25, 0.3) is 0 Å². The van der Waals surface area contributed by atoms with Gasteiger partial charge in [-0.1, -0.05) is 60.3 Å². The Labute approximate surface area is 214 Å². The Morgan fingerprint density at radius 3 is 2.54 bits per heavy atom. The van der Waals surface area contributed by atoms with Crippen molar-refractivity contribution in [3.63, 3.8) is 0 Å². The highest BCUT2D eigenvalue weighted by molar-refractivity contribution is 6.35. The van der Waals surface area contributed by atoms with Crippen molar-refractivity contribution in [1.82, 2.24) is 0 Å². The number of halogens is 2. The molecule has 1 saturated carbocycles. The second-order valence-corrected chi connectivity index (χ2v) is 10.3. The molecule has 5 rings (SSSR count). The number of ether oxygens (including phenoxy) is 1. The topological polar surface area (TPSA) is 63.6 Å². The van der Waals surface area contributed by atoms with E-state index in [2.05, 4.69) is 0 Å². The molecule has 0 radical (unpaired) electrons. The average molecular weight is 509 g/mol. The fourth-order valence-corrected chi connectivity index (χ4v) is 5.98. The molecule has 0 saturated heterocycles. The molecule has 2 aliphatic carbocycles. The molecule has 1 atom stereocenters. The number of Topliss-reactive ketones (excluding diaryl/α,β-unsaturated/α-hetero) is 1. The number of aromatic carboxylic acids is 1. The number of hydrogen-bond donors (Lipinski definition) is 1. The summed E-state index contributed by atoms with van der Waals surface area (Å²) in [4.78, 5) is 24.6. The van der Waals surface area contributed by atoms with E-state index in [0.717, 1.165) is 47.1 Å². The highest BCUT2D eigenvalue weighted by atomic mass is 35.5. The lowest BCUT2D eigenvalue weighted by Gasteiger charge is -2.15. The van der Waals surface area contributed by atoms with Crippen LogP contribution in [0.5, 0.6) is 5.75 Å². The van der Waals surface area contributed by atoms with Gasteiger partial charge in [-0.15, -0.1) is 0 Å². The number of hydrogen-bond acceptors (Lipinski definition) is 3. The molecule has 6 heteroatoms. The number of carboxylic acids is 1. The third kappa shape index (κ3) is 4.57. The van der Waals surface area contributed by atoms with Gasteiger partial charge in [0.15, 0.2) is 5.78 Å². The second kappa shape index (κ2) is 9.67. The smallest absolute Gasteiger partial charge is 0.337 e. The first kappa shape index (κ1) is 23.9. The van der Waals surface area contributed by atoms with Crippen LogP contribution in [0.3, 0.4) is 0 Å². The van der Waals surface area contributed by atoms with Crippen molar-refractivity contribution in [2.75, 3.05) is 0 Å². The lowest BCUT2D eigenvalue weighted by Crippen LogP contribution is -2.18. The highest BCUT2D eigenvalue weighted by Crippen LogP contribution is 2.44. The van der Waals surface area contributed by atoms with Crippen LogP contribution in [-0.2, 0) is 13.0 Å². The van der Waals surface area contributed by atoms with E-state index in [0.29, 0.717) is 28.9 Å². The normalized spacial score (nSPS) is 17.6. The minimum Gasteiger partial charge on any atom is -0.489 e. The summed E-state index contributed by atoms with van der Waals surface area (Å²) in [6.45, 7) is 2.22. The van der Waals surface area contributed by atoms with Gasteiger partial charge >= 0.3 is 5.97 Å². The maximum Gasteiger partial charge on any atom is 0.337 e. The number of carbonyl (C=O) groups is 2. The molecule has 180 valence electrons. The zero-order valence-electron chi connectivity index (χ0n) is 19.4. The van der Waals surface area contributed by atoms with E-state index < -0.39 is 5.97 Å². The quantitative estimate of drug-likeness (QED) is 0.368. The molecule has 0 heterocycles. The predicted molar refractivity (Wildman–Crippen MR) is 138 cm³/mol. The molecule has 0 bridgehead atoms. The van der Waals surface area contributed by atoms with Gasteiger partial charge < -0.3 is 9.84 Å². The van der Waals surface area contributed by atoms with Crippen LogP contribution in [0, 0.1) is 18.8 Å². The summed E-state index contributed by atoms with van der Waals surface area (Å²) >= 11 is 12.7. The summed E-state index contributed by atoms with van der Waals surface area (Å²) in [6, 6.07) is 14.7. The summed E-state index contributed by atoms with van der Waals surface area (Å²) in [5, 5.41) is 10.1. The molecule has 3 aromatic carbocycles. The standard InChI is InChI=1S/C29H26Cl2O4/c1-16-25(14-21-13-22(18-6-2-3-7-18)28(32)26(21)27(16)31)35-15-17-5-4-8-19(11-17)20-9-10-24(30)23(12-20)29(33)34/h4-5,8-12,14,18,22H,2-3,6-7,13,15H2,1H3,(H,33,34). The van der Waals surface area contributed by atoms with Crippen LogP contribution >= 0.6 is 23.2 Å². The zero-order chi connectivity index (χ0) is 24.7. The van der Waals surface area contributed by atoms with E-state index in [1.807, 2.05) is 37.3 Å². The molecule has 3 aromatic rings. The predicted octanol–water partition coefficient (Wildman–Crippen LogP) is 7.79. The first-order valence-electron chi connectivity index (χ1n) is 11.9. The Morgan fingerprint density at radius 2 is 1.80 bits per heavy atom. The van der Waals surface area contributed by atoms with E-state index >= 15 is 0 Å². The third-order valence-corrected chi connectivity index (χ3v) is 8.19. The van der Waals surface area contributed by atoms with Crippen LogP contribution in [0.25, 0.3) is 11.1 Å². The van der Waals surface area contributed by atoms with E-state index in [1.165, 1.54) is 12.8 Å². The number of carboxylic acid groups (broad SMARTS) is 1. The molecule has 0 aliphatic heterocycles. The van der Waals surface area contributed by atoms with Crippen molar-refractivity contribution < 1.29 is 19.4 Å². The Balaban J connectivity index is 1.36. The number of benzene rings is 3. The van der Waals surface area contributed by atoms with Crippen LogP contribution in [0.15, 0.2) is 48.5 Å². The highest BCUT2D eigenvalue weighted by Gasteiger charge is 2.39. The van der Waals surface area contributed by atoms with Crippen LogP contribution in [0.4, 0.5) is 0 Å². The minimum atomic E-state index is -1.06. The number of rotatable bonds is 6. The van der Waals surface area contributed by atoms with Gasteiger partial charge in [0.05, 0.1) is 15.6 Å². The van der Waals surface area contributed by atoms with Gasteiger partial charge in [0.1, 0.15) is 12.4 Å². The van der Waals surface area contributed by atoms with Gasteiger partial charge in [-0.25, -0.2) is 4.79 Å². The van der Waals surface area contributed by atoms with Crippen molar-refractivity contribution in [1.29, 1.82) is 0 Å². The monoisotopic (exact) mass is 508 g/mol. The third-order valence-electron chi connectivity index (χ3n) is 7.39. The molecule has 4 nitrogen and oxygen atoms in total. The van der Waals surface area contributed by atoms with Crippen molar-refractivity contribution >= 4 is 35.0 Å². The summed E-state index contributed by atoms with van der Waals surface area (Å²) in [6.07, 6.45) is 5.41. The van der Waals surface area contributed by atoms with Gasteiger partial charge in [-0.2, -0.15) is 0 Å². The molecule has 2 aliphatic rings. The molecule has 0 aromatic heterocycles. The molecule has 0 spiro atoms. The fourth-order valence-electron chi connectivity index (χ4n) is 5.48. The van der Waals surface area contributed by atoms with Crippen LogP contribution in [0.2, 0.25) is 10.0 Å². The maximum absolute atomic E-state index is 13.1. The lowest BCUT2D eigenvalue weighted by molar-refractivity contribution is 0.0696. The Bertz CT molecular complexity index is 1320. The first-order chi connectivity index (χ1) is 16.8. The number of ketones is 1. The Hall–Kier alpha value is -2.82. The van der Waals surface area contributed by atoms with Crippen molar-refractivity contribution in [2.24, 2.45) is 11.8 Å². The van der Waals surface area contributed by atoms with E-state index in [-0.39, 0.29) is 22.3 Å². The molecule has 35 heavy (non-hydrogen) atoms. The number of fused-ring (bicyclic) bond motifs is 1. The van der Waals surface area contributed by atoms with Gasteiger partial charge in [0.2, 0.25) is 0 Å². The van der Waals surface area contributed by atoms with Crippen LogP contribution in [0.1, 0.15) is 63.1 Å². The lowest BCUT2D eigenvalue weighted by atomic mass is 9.88. The molecule has 1 N–H and O–H groups in total. The second-order valence-electron chi connectivity index (χ2n) is 9.56. The average Bonchev–Trinajstić information content (AvgIpc) is 3.49. The van der Waals surface area contributed by atoms with Crippen molar-refractivity contribution in [2.45, 2.75) is 45.6 Å². The van der Waals surface area contributed by atoms with Crippen molar-refractivity contribution in [3.05, 3.63) is 86.4 Å². The molecular formula is C29H26Cl2O4.